The van der Waals surface area contributed by atoms with Crippen LogP contribution in [0.4, 0.5) is 0 Å². The number of amides is 1. The average Bonchev–Trinajstić information content (AvgIpc) is 2.72. The van der Waals surface area contributed by atoms with Crippen LogP contribution in [0.3, 0.4) is 0 Å². The van der Waals surface area contributed by atoms with Crippen molar-refractivity contribution >= 4 is 5.91 Å². The Kier molecular flexibility index (Phi) is 2.86. The molecular weight excluding hydrogens is 202 g/mol. The Morgan fingerprint density at radius 3 is 2.50 bits per heavy atom. The van der Waals surface area contributed by atoms with Gasteiger partial charge in [-0.3, -0.25) is 4.79 Å². The number of ether oxygens (including phenoxy) is 1. The van der Waals surface area contributed by atoms with E-state index in [0.717, 1.165) is 18.7 Å². The SMILES string of the molecule is CCC1(c2ccc(OC)cc2)CNC(=O)C1. The standard InChI is InChI=1S/C13H17NO2/c1-3-13(8-12(15)14-9-13)10-4-6-11(16-2)7-5-10/h4-7H,3,8-9H2,1-2H3,(H,14,15). The van der Waals surface area contributed by atoms with Crippen molar-refractivity contribution in [1.82, 2.24) is 5.32 Å². The molecule has 1 amide bonds. The molecule has 3 nitrogen and oxygen atoms in total. The molecule has 0 bridgehead atoms. The molecule has 0 aliphatic carbocycles. The number of methoxy groups -OCH3 is 1. The van der Waals surface area contributed by atoms with E-state index in [2.05, 4.69) is 24.4 Å². The molecule has 1 aromatic rings. The van der Waals surface area contributed by atoms with E-state index in [1.54, 1.807) is 7.11 Å². The molecule has 1 fully saturated rings. The van der Waals surface area contributed by atoms with Crippen LogP contribution in [0.15, 0.2) is 24.3 Å². The van der Waals surface area contributed by atoms with Gasteiger partial charge in [0.2, 0.25) is 5.91 Å². The van der Waals surface area contributed by atoms with E-state index in [-0.39, 0.29) is 11.3 Å². The fourth-order valence-corrected chi connectivity index (χ4v) is 2.30. The van der Waals surface area contributed by atoms with Crippen LogP contribution >= 0.6 is 0 Å². The van der Waals surface area contributed by atoms with Crippen LogP contribution < -0.4 is 10.1 Å². The minimum Gasteiger partial charge on any atom is -0.497 e. The zero-order chi connectivity index (χ0) is 11.6. The number of carbonyl (C=O) groups is 1. The van der Waals surface area contributed by atoms with E-state index in [1.165, 1.54) is 5.56 Å². The molecule has 0 spiro atoms. The Morgan fingerprint density at radius 1 is 1.38 bits per heavy atom. The molecule has 1 saturated heterocycles. The lowest BCUT2D eigenvalue weighted by Crippen LogP contribution is -2.27. The first-order chi connectivity index (χ1) is 7.70. The lowest BCUT2D eigenvalue weighted by atomic mass is 9.77. The van der Waals surface area contributed by atoms with Crippen molar-refractivity contribution < 1.29 is 9.53 Å². The van der Waals surface area contributed by atoms with Gasteiger partial charge in [-0.2, -0.15) is 0 Å². The molecule has 0 aromatic heterocycles. The summed E-state index contributed by atoms with van der Waals surface area (Å²) in [5, 5.41) is 2.92. The van der Waals surface area contributed by atoms with Crippen LogP contribution in [0.1, 0.15) is 25.3 Å². The van der Waals surface area contributed by atoms with Gasteiger partial charge >= 0.3 is 0 Å². The second kappa shape index (κ2) is 4.16. The van der Waals surface area contributed by atoms with E-state index in [9.17, 15) is 4.79 Å². The number of carbonyl (C=O) groups excluding carboxylic acids is 1. The minimum atomic E-state index is -0.0244. The Labute approximate surface area is 95.8 Å². The van der Waals surface area contributed by atoms with Crippen molar-refractivity contribution in [2.75, 3.05) is 13.7 Å². The Bertz CT molecular complexity index is 385. The van der Waals surface area contributed by atoms with Gasteiger partial charge in [-0.15, -0.1) is 0 Å². The predicted octanol–water partition coefficient (Wildman–Crippen LogP) is 1.86. The molecular formula is C13H17NO2. The lowest BCUT2D eigenvalue weighted by Gasteiger charge is -2.26. The number of hydrogen-bond donors (Lipinski definition) is 1. The highest BCUT2D eigenvalue weighted by Gasteiger charge is 2.38. The average molecular weight is 219 g/mol. The predicted molar refractivity (Wildman–Crippen MR) is 62.6 cm³/mol. The summed E-state index contributed by atoms with van der Waals surface area (Å²) in [6.45, 7) is 2.87. The summed E-state index contributed by atoms with van der Waals surface area (Å²) in [5.41, 5.74) is 1.19. The normalized spacial score (nSPS) is 24.2. The highest BCUT2D eigenvalue weighted by atomic mass is 16.5. The molecule has 1 aliphatic rings. The van der Waals surface area contributed by atoms with E-state index < -0.39 is 0 Å². The first kappa shape index (κ1) is 11.0. The highest BCUT2D eigenvalue weighted by molar-refractivity contribution is 5.80. The van der Waals surface area contributed by atoms with Gasteiger partial charge in [0.05, 0.1) is 7.11 Å². The third-order valence-corrected chi connectivity index (χ3v) is 3.50. The number of hydrogen-bond acceptors (Lipinski definition) is 2. The lowest BCUT2D eigenvalue weighted by molar-refractivity contribution is -0.119. The molecule has 1 atom stereocenters. The molecule has 1 unspecified atom stereocenters. The smallest absolute Gasteiger partial charge is 0.220 e. The fraction of sp³-hybridized carbons (Fsp3) is 0.462. The summed E-state index contributed by atoms with van der Waals surface area (Å²) in [4.78, 5) is 11.4. The summed E-state index contributed by atoms with van der Waals surface area (Å²) in [6.07, 6.45) is 1.56. The third kappa shape index (κ3) is 1.77. The van der Waals surface area contributed by atoms with Crippen LogP contribution in [0.2, 0.25) is 0 Å². The summed E-state index contributed by atoms with van der Waals surface area (Å²) >= 11 is 0. The van der Waals surface area contributed by atoms with Gasteiger partial charge in [0.1, 0.15) is 5.75 Å². The summed E-state index contributed by atoms with van der Waals surface area (Å²) < 4.78 is 5.14. The summed E-state index contributed by atoms with van der Waals surface area (Å²) in [6, 6.07) is 8.02. The number of nitrogens with one attached hydrogen (secondary N) is 1. The second-order valence-corrected chi connectivity index (χ2v) is 4.32. The number of benzene rings is 1. The largest absolute Gasteiger partial charge is 0.497 e. The molecule has 1 aromatic carbocycles. The number of rotatable bonds is 3. The van der Waals surface area contributed by atoms with Crippen molar-refractivity contribution in [2.24, 2.45) is 0 Å². The Balaban J connectivity index is 2.30. The molecule has 2 rings (SSSR count). The Hall–Kier alpha value is -1.51. The van der Waals surface area contributed by atoms with Crippen LogP contribution in [0.5, 0.6) is 5.75 Å². The van der Waals surface area contributed by atoms with Crippen LogP contribution in [0.25, 0.3) is 0 Å². The summed E-state index contributed by atoms with van der Waals surface area (Å²) in [7, 11) is 1.66. The zero-order valence-corrected chi connectivity index (χ0v) is 9.75. The maximum absolute atomic E-state index is 11.4. The molecule has 1 heterocycles. The molecule has 0 radical (unpaired) electrons. The first-order valence-corrected chi connectivity index (χ1v) is 5.61. The maximum atomic E-state index is 11.4. The minimum absolute atomic E-state index is 0.0244. The van der Waals surface area contributed by atoms with E-state index >= 15 is 0 Å². The van der Waals surface area contributed by atoms with Gasteiger partial charge < -0.3 is 10.1 Å². The van der Waals surface area contributed by atoms with Crippen LogP contribution in [0, 0.1) is 0 Å². The monoisotopic (exact) mass is 219 g/mol. The molecule has 1 N–H and O–H groups in total. The van der Waals surface area contributed by atoms with Crippen molar-refractivity contribution in [3.05, 3.63) is 29.8 Å². The van der Waals surface area contributed by atoms with E-state index in [4.69, 9.17) is 4.74 Å². The molecule has 1 aliphatic heterocycles. The first-order valence-electron chi connectivity index (χ1n) is 5.61. The zero-order valence-electron chi connectivity index (χ0n) is 9.75. The second-order valence-electron chi connectivity index (χ2n) is 4.32. The molecule has 86 valence electrons. The van der Waals surface area contributed by atoms with Gasteiger partial charge in [-0.05, 0) is 24.1 Å². The quantitative estimate of drug-likeness (QED) is 0.842. The fourth-order valence-electron chi connectivity index (χ4n) is 2.30. The molecule has 3 heteroatoms. The maximum Gasteiger partial charge on any atom is 0.220 e. The summed E-state index contributed by atoms with van der Waals surface area (Å²) in [5.74, 6) is 1.00. The topological polar surface area (TPSA) is 38.3 Å². The van der Waals surface area contributed by atoms with Crippen LogP contribution in [-0.2, 0) is 10.2 Å². The van der Waals surface area contributed by atoms with Crippen molar-refractivity contribution in [3.63, 3.8) is 0 Å². The van der Waals surface area contributed by atoms with Gasteiger partial charge in [-0.25, -0.2) is 0 Å². The van der Waals surface area contributed by atoms with Gasteiger partial charge in [-0.1, -0.05) is 19.1 Å². The van der Waals surface area contributed by atoms with Crippen molar-refractivity contribution in [1.29, 1.82) is 0 Å². The Morgan fingerprint density at radius 2 is 2.06 bits per heavy atom. The molecule has 16 heavy (non-hydrogen) atoms. The van der Waals surface area contributed by atoms with Gasteiger partial charge in [0, 0.05) is 18.4 Å². The van der Waals surface area contributed by atoms with Crippen LogP contribution in [-0.4, -0.2) is 19.6 Å². The molecule has 0 saturated carbocycles. The van der Waals surface area contributed by atoms with Gasteiger partial charge in [0.15, 0.2) is 0 Å². The third-order valence-electron chi connectivity index (χ3n) is 3.50. The van der Waals surface area contributed by atoms with E-state index in [0.29, 0.717) is 6.42 Å². The van der Waals surface area contributed by atoms with Crippen molar-refractivity contribution in [3.8, 4) is 5.75 Å². The highest BCUT2D eigenvalue weighted by Crippen LogP contribution is 2.35. The van der Waals surface area contributed by atoms with E-state index in [1.807, 2.05) is 12.1 Å². The van der Waals surface area contributed by atoms with Gasteiger partial charge in [0.25, 0.3) is 0 Å². The van der Waals surface area contributed by atoms with Crippen molar-refractivity contribution in [2.45, 2.75) is 25.2 Å².